The number of nitrogens with zero attached hydrogens (tertiary/aromatic N) is 2. The number of hydrogen-bond donors (Lipinski definition) is 2. The normalized spacial score (nSPS) is 11.5. The molecule has 2 N–H and O–H groups in total. The summed E-state index contributed by atoms with van der Waals surface area (Å²) in [6.07, 6.45) is 0.230. The number of carboxylic acid groups (broad SMARTS) is 1. The van der Waals surface area contributed by atoms with E-state index in [0.717, 1.165) is 33.6 Å². The summed E-state index contributed by atoms with van der Waals surface area (Å²) in [5.41, 5.74) is 5.82. The third-order valence-corrected chi connectivity index (χ3v) is 6.35. The fourth-order valence-electron chi connectivity index (χ4n) is 4.08. The highest BCUT2D eigenvalue weighted by molar-refractivity contribution is 6.02. The molecule has 188 valence electrons. The van der Waals surface area contributed by atoms with E-state index in [1.54, 1.807) is 23.9 Å². The number of rotatable bonds is 8. The van der Waals surface area contributed by atoms with Crippen molar-refractivity contribution in [1.29, 1.82) is 0 Å². The molecule has 3 aromatic rings. The van der Waals surface area contributed by atoms with Crippen LogP contribution in [0.15, 0.2) is 66.7 Å². The lowest BCUT2D eigenvalue weighted by molar-refractivity contribution is -0.137. The van der Waals surface area contributed by atoms with Gasteiger partial charge in [-0.15, -0.1) is 0 Å². The van der Waals surface area contributed by atoms with Crippen LogP contribution in [0.2, 0.25) is 0 Å². The Morgan fingerprint density at radius 2 is 1.61 bits per heavy atom. The first-order chi connectivity index (χ1) is 17.1. The number of hydrogen-bond acceptors (Lipinski definition) is 3. The fourth-order valence-corrected chi connectivity index (χ4v) is 4.08. The Balaban J connectivity index is 1.66. The molecule has 0 heterocycles. The number of amides is 3. The van der Waals surface area contributed by atoms with Crippen molar-refractivity contribution in [3.05, 3.63) is 89.0 Å². The summed E-state index contributed by atoms with van der Waals surface area (Å²) in [5, 5.41) is 12.0. The predicted molar refractivity (Wildman–Crippen MR) is 144 cm³/mol. The molecule has 0 radical (unpaired) electrons. The molecule has 0 saturated heterocycles. The number of carboxylic acids is 1. The van der Waals surface area contributed by atoms with Crippen molar-refractivity contribution in [1.82, 2.24) is 0 Å². The Kier molecular flexibility index (Phi) is 8.48. The SMILES string of the molecule is Cc1cc(CC(=O)N(C)c2cccc(C(C)CC(=O)O)c2)ccc1NC(=O)N(C)c1ccccc1C. The highest BCUT2D eigenvalue weighted by Crippen LogP contribution is 2.25. The Morgan fingerprint density at radius 1 is 0.889 bits per heavy atom. The molecule has 3 rings (SSSR count). The fraction of sp³-hybridized carbons (Fsp3) is 0.276. The van der Waals surface area contributed by atoms with Crippen molar-refractivity contribution in [3.63, 3.8) is 0 Å². The molecule has 0 aliphatic rings. The summed E-state index contributed by atoms with van der Waals surface area (Å²) in [6.45, 7) is 5.71. The van der Waals surface area contributed by atoms with E-state index in [4.69, 9.17) is 5.11 Å². The molecule has 3 amide bonds. The number of aliphatic carboxylic acids is 1. The maximum Gasteiger partial charge on any atom is 0.326 e. The van der Waals surface area contributed by atoms with E-state index >= 15 is 0 Å². The quantitative estimate of drug-likeness (QED) is 0.423. The van der Waals surface area contributed by atoms with Crippen LogP contribution < -0.4 is 15.1 Å². The van der Waals surface area contributed by atoms with Crippen LogP contribution in [0.3, 0.4) is 0 Å². The smallest absolute Gasteiger partial charge is 0.326 e. The van der Waals surface area contributed by atoms with Crippen LogP contribution in [-0.2, 0) is 16.0 Å². The van der Waals surface area contributed by atoms with Gasteiger partial charge in [-0.2, -0.15) is 0 Å². The van der Waals surface area contributed by atoms with Gasteiger partial charge in [0.05, 0.1) is 12.8 Å². The molecule has 0 fully saturated rings. The van der Waals surface area contributed by atoms with Crippen LogP contribution >= 0.6 is 0 Å². The zero-order valence-electron chi connectivity index (χ0n) is 21.4. The van der Waals surface area contributed by atoms with Gasteiger partial charge in [0, 0.05) is 31.2 Å². The topological polar surface area (TPSA) is 90.0 Å². The van der Waals surface area contributed by atoms with E-state index in [1.807, 2.05) is 87.5 Å². The number of carbonyl (C=O) groups excluding carboxylic acids is 2. The monoisotopic (exact) mass is 487 g/mol. The van der Waals surface area contributed by atoms with Gasteiger partial charge in [0.2, 0.25) is 5.91 Å². The largest absolute Gasteiger partial charge is 0.481 e. The van der Waals surface area contributed by atoms with Gasteiger partial charge in [0.15, 0.2) is 0 Å². The average molecular weight is 488 g/mol. The van der Waals surface area contributed by atoms with E-state index in [0.29, 0.717) is 5.69 Å². The molecule has 1 atom stereocenters. The number of likely N-dealkylation sites (N-methyl/N-ethyl adjacent to an activating group) is 1. The average Bonchev–Trinajstić information content (AvgIpc) is 2.84. The van der Waals surface area contributed by atoms with Crippen LogP contribution in [0.1, 0.15) is 41.5 Å². The minimum atomic E-state index is -0.853. The van der Waals surface area contributed by atoms with Gasteiger partial charge in [0.1, 0.15) is 0 Å². The number of para-hydroxylation sites is 1. The first kappa shape index (κ1) is 26.5. The van der Waals surface area contributed by atoms with Gasteiger partial charge in [-0.05, 0) is 66.3 Å². The van der Waals surface area contributed by atoms with Crippen molar-refractivity contribution in [2.24, 2.45) is 0 Å². The molecule has 3 aromatic carbocycles. The van der Waals surface area contributed by atoms with Crippen LogP contribution in [-0.4, -0.2) is 37.1 Å². The van der Waals surface area contributed by atoms with Gasteiger partial charge in [-0.3, -0.25) is 14.5 Å². The Morgan fingerprint density at radius 3 is 2.28 bits per heavy atom. The van der Waals surface area contributed by atoms with Gasteiger partial charge >= 0.3 is 12.0 Å². The standard InChI is InChI=1S/C29H33N3O4/c1-19-9-6-7-12-26(19)32(5)29(36)30-25-14-13-22(15-21(25)3)17-27(33)31(4)24-11-8-10-23(18-24)20(2)16-28(34)35/h6-15,18,20H,16-17H2,1-5H3,(H,30,36)(H,34,35). The van der Waals surface area contributed by atoms with E-state index in [9.17, 15) is 14.4 Å². The van der Waals surface area contributed by atoms with E-state index in [-0.39, 0.29) is 30.7 Å². The maximum atomic E-state index is 13.0. The highest BCUT2D eigenvalue weighted by Gasteiger charge is 2.17. The molecular weight excluding hydrogens is 454 g/mol. The van der Waals surface area contributed by atoms with Crippen LogP contribution in [0, 0.1) is 13.8 Å². The molecule has 0 bridgehead atoms. The maximum absolute atomic E-state index is 13.0. The van der Waals surface area contributed by atoms with E-state index < -0.39 is 5.97 Å². The van der Waals surface area contributed by atoms with Crippen molar-refractivity contribution in [3.8, 4) is 0 Å². The van der Waals surface area contributed by atoms with Crippen molar-refractivity contribution in [2.45, 2.75) is 39.5 Å². The number of carbonyl (C=O) groups is 3. The molecule has 7 nitrogen and oxygen atoms in total. The molecule has 0 aromatic heterocycles. The van der Waals surface area contributed by atoms with Crippen molar-refractivity contribution < 1.29 is 19.5 Å². The number of anilines is 3. The second-order valence-electron chi connectivity index (χ2n) is 9.15. The summed E-state index contributed by atoms with van der Waals surface area (Å²) >= 11 is 0. The number of urea groups is 1. The molecule has 7 heteroatoms. The lowest BCUT2D eigenvalue weighted by atomic mass is 9.97. The molecule has 1 unspecified atom stereocenters. The minimum Gasteiger partial charge on any atom is -0.481 e. The third-order valence-electron chi connectivity index (χ3n) is 6.35. The van der Waals surface area contributed by atoms with Crippen molar-refractivity contribution >= 4 is 35.0 Å². The van der Waals surface area contributed by atoms with Gasteiger partial charge in [0.25, 0.3) is 0 Å². The highest BCUT2D eigenvalue weighted by atomic mass is 16.4. The first-order valence-corrected chi connectivity index (χ1v) is 11.8. The summed E-state index contributed by atoms with van der Waals surface area (Å²) in [7, 11) is 3.44. The number of aryl methyl sites for hydroxylation is 2. The van der Waals surface area contributed by atoms with Gasteiger partial charge < -0.3 is 15.3 Å². The second-order valence-corrected chi connectivity index (χ2v) is 9.15. The first-order valence-electron chi connectivity index (χ1n) is 11.8. The van der Waals surface area contributed by atoms with Crippen LogP contribution in [0.4, 0.5) is 21.9 Å². The molecule has 0 saturated carbocycles. The summed E-state index contributed by atoms with van der Waals surface area (Å²) in [6, 6.07) is 20.4. The molecular formula is C29H33N3O4. The minimum absolute atomic E-state index is 0.0318. The van der Waals surface area contributed by atoms with Crippen LogP contribution in [0.5, 0.6) is 0 Å². The Bertz CT molecular complexity index is 1270. The predicted octanol–water partition coefficient (Wildman–Crippen LogP) is 5.76. The van der Waals surface area contributed by atoms with E-state index in [1.165, 1.54) is 0 Å². The van der Waals surface area contributed by atoms with Gasteiger partial charge in [-0.1, -0.05) is 49.4 Å². The molecule has 0 aliphatic carbocycles. The molecule has 0 spiro atoms. The Hall–Kier alpha value is -4.13. The van der Waals surface area contributed by atoms with E-state index in [2.05, 4.69) is 5.32 Å². The molecule has 0 aliphatic heterocycles. The zero-order valence-corrected chi connectivity index (χ0v) is 21.4. The lowest BCUT2D eigenvalue weighted by Crippen LogP contribution is -2.32. The summed E-state index contributed by atoms with van der Waals surface area (Å²) in [5.74, 6) is -1.09. The number of benzene rings is 3. The Labute approximate surface area is 212 Å². The lowest BCUT2D eigenvalue weighted by Gasteiger charge is -2.21. The third kappa shape index (κ3) is 6.50. The van der Waals surface area contributed by atoms with Crippen molar-refractivity contribution in [2.75, 3.05) is 29.2 Å². The summed E-state index contributed by atoms with van der Waals surface area (Å²) < 4.78 is 0. The summed E-state index contributed by atoms with van der Waals surface area (Å²) in [4.78, 5) is 40.0. The molecule has 36 heavy (non-hydrogen) atoms. The zero-order chi connectivity index (χ0) is 26.4. The second kappa shape index (κ2) is 11.5. The number of nitrogens with one attached hydrogen (secondary N) is 1. The van der Waals surface area contributed by atoms with Crippen LogP contribution in [0.25, 0.3) is 0 Å². The van der Waals surface area contributed by atoms with Gasteiger partial charge in [-0.25, -0.2) is 4.79 Å².